The van der Waals surface area contributed by atoms with E-state index in [2.05, 4.69) is 3.07 Å². The fourth-order valence-electron chi connectivity index (χ4n) is 0.109. The molecule has 0 atom stereocenters. The van der Waals surface area contributed by atoms with Gasteiger partial charge in [0.05, 0.1) is 0 Å². The van der Waals surface area contributed by atoms with Gasteiger partial charge < -0.3 is 0 Å². The second-order valence-electron chi connectivity index (χ2n) is 0.659. The fourth-order valence-corrected chi connectivity index (χ4v) is 0.732. The quantitative estimate of drug-likeness (QED) is 0.605. The first-order valence-corrected chi connectivity index (χ1v) is 4.90. The Balaban J connectivity index is 2.63. The van der Waals surface area contributed by atoms with Crippen molar-refractivity contribution in [3.05, 3.63) is 0 Å². The van der Waals surface area contributed by atoms with Crippen LogP contribution in [0.15, 0.2) is 0 Å². The van der Waals surface area contributed by atoms with Crippen LogP contribution < -0.4 is 0 Å². The van der Waals surface area contributed by atoms with Gasteiger partial charge in [-0.05, 0) is 0 Å². The molecule has 0 bridgehead atoms. The van der Waals surface area contributed by atoms with E-state index >= 15 is 0 Å². The average Bonchev–Trinajstić information content (AvgIpc) is 1.35. The minimum atomic E-state index is -4.12. The van der Waals surface area contributed by atoms with Crippen molar-refractivity contribution in [2.24, 2.45) is 0 Å². The topological polar surface area (TPSA) is 9.23 Å². The van der Waals surface area contributed by atoms with Crippen LogP contribution in [0.3, 0.4) is 0 Å². The normalized spacial score (nSPS) is 10.0. The van der Waals surface area contributed by atoms with Crippen molar-refractivity contribution in [1.82, 2.24) is 0 Å². The Labute approximate surface area is 44.1 Å². The summed E-state index contributed by atoms with van der Waals surface area (Å²) in [5, 5.41) is 0. The van der Waals surface area contributed by atoms with Crippen LogP contribution in [0.4, 0.5) is 5.73 Å². The minimum absolute atomic E-state index is 0.168. The van der Waals surface area contributed by atoms with Crippen LogP contribution in [0.25, 0.3) is 0 Å². The number of hydrogen-bond donors (Lipinski definition) is 0. The molecular formula is C2H5F2OSn. The summed E-state index contributed by atoms with van der Waals surface area (Å²) < 4.78 is 25.9. The number of hydrogen-bond acceptors (Lipinski definition) is 1. The summed E-state index contributed by atoms with van der Waals surface area (Å²) in [5.41, 5.74) is 0. The summed E-state index contributed by atoms with van der Waals surface area (Å²) in [6.07, 6.45) is 0. The van der Waals surface area contributed by atoms with Crippen molar-refractivity contribution in [2.75, 3.05) is 6.61 Å². The molecule has 1 radical (unpaired) electrons. The first-order chi connectivity index (χ1) is 2.77. The van der Waals surface area contributed by atoms with Gasteiger partial charge in [0.1, 0.15) is 0 Å². The van der Waals surface area contributed by atoms with Gasteiger partial charge >= 0.3 is 43.7 Å². The molecule has 0 saturated carbocycles. The molecule has 37 valence electrons. The van der Waals surface area contributed by atoms with Crippen molar-refractivity contribution < 1.29 is 8.81 Å². The number of rotatable bonds is 2. The summed E-state index contributed by atoms with van der Waals surface area (Å²) in [5.74, 6) is 0. The van der Waals surface area contributed by atoms with Crippen LogP contribution in [0.1, 0.15) is 6.92 Å². The van der Waals surface area contributed by atoms with Gasteiger partial charge in [0.25, 0.3) is 0 Å². The van der Waals surface area contributed by atoms with Crippen LogP contribution in [0.2, 0.25) is 0 Å². The molecule has 0 aromatic heterocycles. The van der Waals surface area contributed by atoms with Gasteiger partial charge in [-0.3, -0.25) is 0 Å². The third-order valence-corrected chi connectivity index (χ3v) is 1.70. The average molecular weight is 202 g/mol. The predicted octanol–water partition coefficient (Wildman–Crippen LogP) is 0.947. The molecule has 0 aromatic carbocycles. The van der Waals surface area contributed by atoms with Crippen molar-refractivity contribution in [3.63, 3.8) is 0 Å². The summed E-state index contributed by atoms with van der Waals surface area (Å²) in [6, 6.07) is 0. The van der Waals surface area contributed by atoms with E-state index < -0.39 is 21.3 Å². The Morgan fingerprint density at radius 3 is 2.17 bits per heavy atom. The molecule has 4 heteroatoms. The van der Waals surface area contributed by atoms with Gasteiger partial charge in [-0.2, -0.15) is 0 Å². The first-order valence-electron chi connectivity index (χ1n) is 1.58. The van der Waals surface area contributed by atoms with Gasteiger partial charge in [-0.1, -0.05) is 0 Å². The molecular weight excluding hydrogens is 197 g/mol. The summed E-state index contributed by atoms with van der Waals surface area (Å²) in [6.45, 7) is 1.74. The van der Waals surface area contributed by atoms with Crippen LogP contribution in [0, 0.1) is 0 Å². The van der Waals surface area contributed by atoms with Gasteiger partial charge in [-0.15, -0.1) is 0 Å². The molecule has 0 aromatic rings. The monoisotopic (exact) mass is 203 g/mol. The molecule has 0 aliphatic rings. The van der Waals surface area contributed by atoms with Gasteiger partial charge in [0.2, 0.25) is 0 Å². The first kappa shape index (κ1) is 6.62. The third kappa shape index (κ3) is 4.62. The van der Waals surface area contributed by atoms with E-state index in [1.807, 2.05) is 0 Å². The summed E-state index contributed by atoms with van der Waals surface area (Å²) in [4.78, 5) is 0. The van der Waals surface area contributed by atoms with E-state index in [-0.39, 0.29) is 6.61 Å². The zero-order chi connectivity index (χ0) is 4.99. The van der Waals surface area contributed by atoms with Crippen LogP contribution >= 0.6 is 0 Å². The van der Waals surface area contributed by atoms with E-state index in [1.165, 1.54) is 0 Å². The maximum absolute atomic E-state index is 11.0. The molecule has 0 aliphatic heterocycles. The standard InChI is InChI=1S/C2H5O.2FH.Sn/c1-2-3;;;/h2H2,1H3;2*1H;/q-1;;;+3/p-2. The molecule has 0 saturated heterocycles. The molecule has 0 heterocycles. The third-order valence-electron chi connectivity index (χ3n) is 0.253. The summed E-state index contributed by atoms with van der Waals surface area (Å²) >= 11 is -4.12. The van der Waals surface area contributed by atoms with E-state index in [4.69, 9.17) is 0 Å². The second kappa shape index (κ2) is 3.80. The Hall–Kier alpha value is 0.619. The molecule has 0 rings (SSSR count). The molecule has 0 amide bonds. The van der Waals surface area contributed by atoms with E-state index in [1.54, 1.807) is 6.92 Å². The molecule has 0 fully saturated rings. The Morgan fingerprint density at radius 1 is 1.67 bits per heavy atom. The van der Waals surface area contributed by atoms with Gasteiger partial charge in [0, 0.05) is 0 Å². The Morgan fingerprint density at radius 2 is 2.17 bits per heavy atom. The van der Waals surface area contributed by atoms with Crippen LogP contribution in [0.5, 0.6) is 0 Å². The van der Waals surface area contributed by atoms with E-state index in [9.17, 15) is 5.73 Å². The van der Waals surface area contributed by atoms with Crippen molar-refractivity contribution in [1.29, 1.82) is 0 Å². The molecule has 6 heavy (non-hydrogen) atoms. The zero-order valence-electron chi connectivity index (χ0n) is 3.37. The molecule has 0 unspecified atom stereocenters. The van der Waals surface area contributed by atoms with Crippen molar-refractivity contribution in [2.45, 2.75) is 6.92 Å². The predicted molar refractivity (Wildman–Crippen MR) is 19.6 cm³/mol. The molecule has 0 aliphatic carbocycles. The van der Waals surface area contributed by atoms with Crippen molar-refractivity contribution in [3.8, 4) is 0 Å². The Bertz CT molecular complexity index is 32.7. The van der Waals surface area contributed by atoms with E-state index in [0.29, 0.717) is 0 Å². The SMILES string of the molecule is CC[O][Sn]([F])[F]. The zero-order valence-corrected chi connectivity index (χ0v) is 6.23. The van der Waals surface area contributed by atoms with Gasteiger partial charge in [0.15, 0.2) is 0 Å². The molecule has 0 spiro atoms. The van der Waals surface area contributed by atoms with Crippen LogP contribution in [-0.4, -0.2) is 27.9 Å². The second-order valence-corrected chi connectivity index (χ2v) is 2.77. The fraction of sp³-hybridized carbons (Fsp3) is 1.00. The van der Waals surface area contributed by atoms with Gasteiger partial charge in [-0.25, -0.2) is 0 Å². The Kier molecular flexibility index (Phi) is 4.19. The summed E-state index contributed by atoms with van der Waals surface area (Å²) in [7, 11) is 0. The van der Waals surface area contributed by atoms with Crippen LogP contribution in [-0.2, 0) is 3.07 Å². The van der Waals surface area contributed by atoms with Crippen molar-refractivity contribution >= 4 is 21.3 Å². The maximum atomic E-state index is 11.0. The molecule has 0 N–H and O–H groups in total. The number of halogens is 2. The van der Waals surface area contributed by atoms with E-state index in [0.717, 1.165) is 0 Å². The molecule has 1 nitrogen and oxygen atoms in total.